The number of phenolic OH excluding ortho intramolecular Hbond substituents is 1. The number of primary amides is 1. The number of aryl methyl sites for hydroxylation is 2. The Morgan fingerprint density at radius 2 is 1.88 bits per heavy atom. The Morgan fingerprint density at radius 3 is 2.25 bits per heavy atom. The van der Waals surface area contributed by atoms with E-state index in [-0.39, 0.29) is 18.4 Å². The van der Waals surface area contributed by atoms with Crippen molar-refractivity contribution < 1.29 is 9.90 Å². The van der Waals surface area contributed by atoms with E-state index in [1.807, 2.05) is 26.0 Å². The highest BCUT2D eigenvalue weighted by molar-refractivity contribution is 5.77. The number of rotatable bonds is 4. The number of carbonyl (C=O) groups excluding carboxylic acids is 1. The minimum Gasteiger partial charge on any atom is -0.507 e. The second-order valence-electron chi connectivity index (χ2n) is 4.12. The fraction of sp³-hybridized carbons (Fsp3) is 0.417. The molecule has 1 amide bonds. The summed E-state index contributed by atoms with van der Waals surface area (Å²) in [7, 11) is 0. The lowest BCUT2D eigenvalue weighted by Gasteiger charge is -2.12. The first-order valence-electron chi connectivity index (χ1n) is 5.24. The number of hydrogen-bond donors (Lipinski definition) is 3. The predicted molar refractivity (Wildman–Crippen MR) is 63.0 cm³/mol. The third-order valence-electron chi connectivity index (χ3n) is 2.72. The first-order valence-corrected chi connectivity index (χ1v) is 5.24. The molecular formula is C12H18N2O2. The smallest absolute Gasteiger partial charge is 0.222 e. The van der Waals surface area contributed by atoms with E-state index in [2.05, 4.69) is 0 Å². The molecule has 5 N–H and O–H groups in total. The van der Waals surface area contributed by atoms with Gasteiger partial charge in [-0.15, -0.1) is 0 Å². The fourth-order valence-corrected chi connectivity index (χ4v) is 1.75. The molecule has 0 bridgehead atoms. The Balaban J connectivity index is 2.93. The Kier molecular flexibility index (Phi) is 3.90. The highest BCUT2D eigenvalue weighted by atomic mass is 16.3. The van der Waals surface area contributed by atoms with Crippen LogP contribution in [0.2, 0.25) is 0 Å². The van der Waals surface area contributed by atoms with Crippen molar-refractivity contribution in [3.63, 3.8) is 0 Å². The van der Waals surface area contributed by atoms with Gasteiger partial charge in [-0.2, -0.15) is 0 Å². The van der Waals surface area contributed by atoms with Crippen molar-refractivity contribution in [1.29, 1.82) is 0 Å². The molecule has 0 saturated heterocycles. The Morgan fingerprint density at radius 1 is 1.38 bits per heavy atom. The first-order chi connectivity index (χ1) is 7.45. The van der Waals surface area contributed by atoms with Crippen molar-refractivity contribution in [2.24, 2.45) is 17.4 Å². The molecule has 0 aliphatic carbocycles. The Hall–Kier alpha value is -1.55. The van der Waals surface area contributed by atoms with Gasteiger partial charge in [-0.05, 0) is 37.0 Å². The van der Waals surface area contributed by atoms with Crippen LogP contribution in [0.4, 0.5) is 0 Å². The van der Waals surface area contributed by atoms with E-state index in [9.17, 15) is 9.90 Å². The summed E-state index contributed by atoms with van der Waals surface area (Å²) in [6.45, 7) is 3.90. The molecule has 1 rings (SSSR count). The minimum absolute atomic E-state index is 0.244. The van der Waals surface area contributed by atoms with Gasteiger partial charge in [0.25, 0.3) is 0 Å². The molecule has 4 heteroatoms. The minimum atomic E-state index is -0.383. The summed E-state index contributed by atoms with van der Waals surface area (Å²) in [6.07, 6.45) is 0.522. The molecule has 16 heavy (non-hydrogen) atoms. The van der Waals surface area contributed by atoms with E-state index in [0.717, 1.165) is 16.7 Å². The maximum Gasteiger partial charge on any atom is 0.222 e. The zero-order valence-corrected chi connectivity index (χ0v) is 9.66. The summed E-state index contributed by atoms with van der Waals surface area (Å²) in [4.78, 5) is 11.1. The van der Waals surface area contributed by atoms with E-state index < -0.39 is 0 Å². The van der Waals surface area contributed by atoms with E-state index in [1.54, 1.807) is 0 Å². The molecule has 1 aromatic rings. The number of carbonyl (C=O) groups is 1. The molecule has 0 aromatic heterocycles. The second kappa shape index (κ2) is 4.99. The van der Waals surface area contributed by atoms with Crippen LogP contribution in [-0.4, -0.2) is 17.6 Å². The molecule has 0 fully saturated rings. The van der Waals surface area contributed by atoms with Crippen LogP contribution in [0.5, 0.6) is 5.75 Å². The van der Waals surface area contributed by atoms with Gasteiger partial charge in [0.1, 0.15) is 5.75 Å². The van der Waals surface area contributed by atoms with Gasteiger partial charge >= 0.3 is 0 Å². The summed E-state index contributed by atoms with van der Waals surface area (Å²) >= 11 is 0. The number of aromatic hydroxyl groups is 1. The van der Waals surface area contributed by atoms with Gasteiger partial charge in [-0.25, -0.2) is 0 Å². The van der Waals surface area contributed by atoms with E-state index in [4.69, 9.17) is 11.5 Å². The molecule has 1 unspecified atom stereocenters. The lowest BCUT2D eigenvalue weighted by Crippen LogP contribution is -2.31. The molecule has 0 aliphatic rings. The zero-order chi connectivity index (χ0) is 12.3. The quantitative estimate of drug-likeness (QED) is 0.697. The standard InChI is InChI=1S/C12H18N2O2/c1-7-3-9(4-8(2)11(7)15)5-10(6-13)12(14)16/h3-4,10,15H,5-6,13H2,1-2H3,(H2,14,16). The summed E-state index contributed by atoms with van der Waals surface area (Å²) < 4.78 is 0. The summed E-state index contributed by atoms with van der Waals surface area (Å²) in [5.74, 6) is -0.429. The summed E-state index contributed by atoms with van der Waals surface area (Å²) in [5, 5.41) is 9.61. The molecule has 0 radical (unpaired) electrons. The van der Waals surface area contributed by atoms with Gasteiger partial charge in [-0.3, -0.25) is 4.79 Å². The number of amides is 1. The SMILES string of the molecule is Cc1cc(CC(CN)C(N)=O)cc(C)c1O. The molecule has 88 valence electrons. The maximum atomic E-state index is 11.1. The van der Waals surface area contributed by atoms with Gasteiger partial charge in [0.05, 0.1) is 5.92 Å². The summed E-state index contributed by atoms with van der Waals surface area (Å²) in [5.41, 5.74) is 13.3. The zero-order valence-electron chi connectivity index (χ0n) is 9.66. The highest BCUT2D eigenvalue weighted by Crippen LogP contribution is 2.24. The van der Waals surface area contributed by atoms with Crippen LogP contribution in [0.15, 0.2) is 12.1 Å². The van der Waals surface area contributed by atoms with Crippen molar-refractivity contribution >= 4 is 5.91 Å². The van der Waals surface area contributed by atoms with Gasteiger partial charge in [0, 0.05) is 6.54 Å². The number of benzene rings is 1. The first kappa shape index (κ1) is 12.5. The van der Waals surface area contributed by atoms with Gasteiger partial charge < -0.3 is 16.6 Å². The van der Waals surface area contributed by atoms with Crippen molar-refractivity contribution in [2.45, 2.75) is 20.3 Å². The average molecular weight is 222 g/mol. The second-order valence-corrected chi connectivity index (χ2v) is 4.12. The van der Waals surface area contributed by atoms with Gasteiger partial charge in [0.15, 0.2) is 0 Å². The van der Waals surface area contributed by atoms with Crippen molar-refractivity contribution in [1.82, 2.24) is 0 Å². The van der Waals surface area contributed by atoms with E-state index in [1.165, 1.54) is 0 Å². The molecule has 4 nitrogen and oxygen atoms in total. The lowest BCUT2D eigenvalue weighted by atomic mass is 9.95. The Bertz CT molecular complexity index is 379. The maximum absolute atomic E-state index is 11.1. The monoisotopic (exact) mass is 222 g/mol. The largest absolute Gasteiger partial charge is 0.507 e. The lowest BCUT2D eigenvalue weighted by molar-refractivity contribution is -0.121. The average Bonchev–Trinajstić information content (AvgIpc) is 2.21. The molecule has 1 atom stereocenters. The number of phenols is 1. The highest BCUT2D eigenvalue weighted by Gasteiger charge is 2.15. The molecular weight excluding hydrogens is 204 g/mol. The molecule has 1 aromatic carbocycles. The van der Waals surface area contributed by atoms with Crippen LogP contribution in [0.3, 0.4) is 0 Å². The molecule has 0 saturated carbocycles. The Labute approximate surface area is 95.3 Å². The van der Waals surface area contributed by atoms with Crippen molar-refractivity contribution in [3.05, 3.63) is 28.8 Å². The third kappa shape index (κ3) is 2.73. The molecule has 0 aliphatic heterocycles. The van der Waals surface area contributed by atoms with Gasteiger partial charge in [-0.1, -0.05) is 12.1 Å². The summed E-state index contributed by atoms with van der Waals surface area (Å²) in [6, 6.07) is 3.71. The van der Waals surface area contributed by atoms with Crippen LogP contribution < -0.4 is 11.5 Å². The van der Waals surface area contributed by atoms with E-state index in [0.29, 0.717) is 12.2 Å². The topological polar surface area (TPSA) is 89.3 Å². The molecule has 0 spiro atoms. The fourth-order valence-electron chi connectivity index (χ4n) is 1.75. The number of hydrogen-bond acceptors (Lipinski definition) is 3. The third-order valence-corrected chi connectivity index (χ3v) is 2.72. The number of nitrogens with two attached hydrogens (primary N) is 2. The van der Waals surface area contributed by atoms with Crippen LogP contribution in [0, 0.1) is 19.8 Å². The van der Waals surface area contributed by atoms with E-state index >= 15 is 0 Å². The van der Waals surface area contributed by atoms with Crippen LogP contribution >= 0.6 is 0 Å². The van der Waals surface area contributed by atoms with Crippen LogP contribution in [-0.2, 0) is 11.2 Å². The predicted octanol–water partition coefficient (Wildman–Crippen LogP) is 0.612. The van der Waals surface area contributed by atoms with Crippen molar-refractivity contribution in [2.75, 3.05) is 6.54 Å². The molecule has 0 heterocycles. The van der Waals surface area contributed by atoms with Crippen LogP contribution in [0.25, 0.3) is 0 Å². The van der Waals surface area contributed by atoms with Crippen LogP contribution in [0.1, 0.15) is 16.7 Å². The van der Waals surface area contributed by atoms with Gasteiger partial charge in [0.2, 0.25) is 5.91 Å². The normalized spacial score (nSPS) is 12.4. The van der Waals surface area contributed by atoms with Crippen molar-refractivity contribution in [3.8, 4) is 5.75 Å².